The van der Waals surface area contributed by atoms with Crippen molar-refractivity contribution in [2.24, 2.45) is 0 Å². The van der Waals surface area contributed by atoms with E-state index in [1.807, 2.05) is 0 Å². The number of aliphatic hydroxyl groups is 1. The average Bonchev–Trinajstić information content (AvgIpc) is 2.35. The van der Waals surface area contributed by atoms with Crippen LogP contribution in [0.4, 0.5) is 0 Å². The third kappa shape index (κ3) is 6.36. The minimum Gasteiger partial charge on any atom is -0.389 e. The first kappa shape index (κ1) is 14.9. The van der Waals surface area contributed by atoms with Crippen molar-refractivity contribution in [1.82, 2.24) is 4.90 Å². The summed E-state index contributed by atoms with van der Waals surface area (Å²) >= 11 is 0. The molecule has 102 valence electrons. The third-order valence-electron chi connectivity index (χ3n) is 3.10. The van der Waals surface area contributed by atoms with Crippen LogP contribution in [-0.2, 0) is 9.47 Å². The zero-order chi connectivity index (χ0) is 12.5. The second-order valence-corrected chi connectivity index (χ2v) is 4.74. The lowest BCUT2D eigenvalue weighted by Gasteiger charge is -2.33. The lowest BCUT2D eigenvalue weighted by atomic mass is 10.2. The highest BCUT2D eigenvalue weighted by Crippen LogP contribution is 2.08. The molecule has 1 heterocycles. The quantitative estimate of drug-likeness (QED) is 0.654. The van der Waals surface area contributed by atoms with Gasteiger partial charge in [0.15, 0.2) is 0 Å². The largest absolute Gasteiger partial charge is 0.389 e. The fourth-order valence-corrected chi connectivity index (χ4v) is 2.01. The molecule has 1 fully saturated rings. The molecule has 1 aliphatic rings. The highest BCUT2D eigenvalue weighted by molar-refractivity contribution is 4.72. The summed E-state index contributed by atoms with van der Waals surface area (Å²) in [6.45, 7) is 8.82. The van der Waals surface area contributed by atoms with Crippen LogP contribution in [0.2, 0.25) is 0 Å². The van der Waals surface area contributed by atoms with E-state index >= 15 is 0 Å². The Morgan fingerprint density at radius 1 is 1.47 bits per heavy atom. The maximum atomic E-state index is 9.85. The monoisotopic (exact) mass is 245 g/mol. The third-order valence-corrected chi connectivity index (χ3v) is 3.10. The molecule has 2 atom stereocenters. The van der Waals surface area contributed by atoms with E-state index in [9.17, 15) is 5.11 Å². The molecule has 0 aromatic heterocycles. The van der Waals surface area contributed by atoms with Gasteiger partial charge in [0.2, 0.25) is 0 Å². The van der Waals surface area contributed by atoms with Crippen LogP contribution in [0.3, 0.4) is 0 Å². The van der Waals surface area contributed by atoms with Gasteiger partial charge in [-0.25, -0.2) is 0 Å². The first-order valence-corrected chi connectivity index (χ1v) is 6.86. The Morgan fingerprint density at radius 3 is 3.00 bits per heavy atom. The van der Waals surface area contributed by atoms with Gasteiger partial charge >= 0.3 is 0 Å². The second kappa shape index (κ2) is 8.86. The molecule has 4 nitrogen and oxygen atoms in total. The molecule has 0 spiro atoms. The molecule has 17 heavy (non-hydrogen) atoms. The van der Waals surface area contributed by atoms with Gasteiger partial charge in [-0.2, -0.15) is 0 Å². The molecule has 4 heteroatoms. The fourth-order valence-electron chi connectivity index (χ4n) is 2.01. The molecule has 0 aliphatic carbocycles. The second-order valence-electron chi connectivity index (χ2n) is 4.74. The lowest BCUT2D eigenvalue weighted by molar-refractivity contribution is -0.0518. The first-order valence-electron chi connectivity index (χ1n) is 6.86. The summed E-state index contributed by atoms with van der Waals surface area (Å²) in [6.07, 6.45) is 3.21. The number of ether oxygens (including phenoxy) is 2. The SMILES string of the molecule is CCCCOCC(O)CN1CCOC(CC)C1. The minimum atomic E-state index is -0.373. The smallest absolute Gasteiger partial charge is 0.0900 e. The Morgan fingerprint density at radius 2 is 2.29 bits per heavy atom. The van der Waals surface area contributed by atoms with Gasteiger partial charge in [0.25, 0.3) is 0 Å². The summed E-state index contributed by atoms with van der Waals surface area (Å²) in [5, 5.41) is 9.85. The zero-order valence-electron chi connectivity index (χ0n) is 11.2. The van der Waals surface area contributed by atoms with E-state index in [1.54, 1.807) is 0 Å². The van der Waals surface area contributed by atoms with Crippen LogP contribution in [0.5, 0.6) is 0 Å². The molecular weight excluding hydrogens is 218 g/mol. The number of aliphatic hydroxyl groups excluding tert-OH is 1. The van der Waals surface area contributed by atoms with Gasteiger partial charge in [-0.1, -0.05) is 20.3 Å². The molecule has 1 rings (SSSR count). The predicted molar refractivity (Wildman–Crippen MR) is 68.2 cm³/mol. The topological polar surface area (TPSA) is 41.9 Å². The van der Waals surface area contributed by atoms with Gasteiger partial charge < -0.3 is 14.6 Å². The summed E-state index contributed by atoms with van der Waals surface area (Å²) in [5.74, 6) is 0. The van der Waals surface area contributed by atoms with Gasteiger partial charge in [-0.3, -0.25) is 4.90 Å². The Kier molecular flexibility index (Phi) is 7.77. The molecule has 1 aliphatic heterocycles. The molecule has 0 bridgehead atoms. The lowest BCUT2D eigenvalue weighted by Crippen LogP contribution is -2.46. The van der Waals surface area contributed by atoms with Crippen molar-refractivity contribution in [2.75, 3.05) is 39.5 Å². The summed E-state index contributed by atoms with van der Waals surface area (Å²) in [7, 11) is 0. The molecule has 2 unspecified atom stereocenters. The van der Waals surface area contributed by atoms with E-state index in [0.717, 1.165) is 45.6 Å². The van der Waals surface area contributed by atoms with Crippen LogP contribution >= 0.6 is 0 Å². The van der Waals surface area contributed by atoms with Gasteiger partial charge in [0.05, 0.1) is 25.4 Å². The van der Waals surface area contributed by atoms with Crippen LogP contribution in [0, 0.1) is 0 Å². The molecule has 1 saturated heterocycles. The number of nitrogens with zero attached hydrogens (tertiary/aromatic N) is 1. The van der Waals surface area contributed by atoms with Gasteiger partial charge in [0.1, 0.15) is 0 Å². The minimum absolute atomic E-state index is 0.331. The van der Waals surface area contributed by atoms with Crippen LogP contribution < -0.4 is 0 Å². The number of unbranched alkanes of at least 4 members (excludes halogenated alkanes) is 1. The molecule has 0 aromatic carbocycles. The number of β-amino-alcohol motifs (C(OH)–C–C–N with tert-alkyl or cyclic N) is 1. The standard InChI is InChI=1S/C13H27NO3/c1-3-5-7-16-11-12(15)9-14-6-8-17-13(4-2)10-14/h12-13,15H,3-11H2,1-2H3. The number of hydrogen-bond acceptors (Lipinski definition) is 4. The van der Waals surface area contributed by atoms with Crippen molar-refractivity contribution >= 4 is 0 Å². The molecule has 0 saturated carbocycles. The Balaban J connectivity index is 2.10. The number of hydrogen-bond donors (Lipinski definition) is 1. The first-order chi connectivity index (χ1) is 8.26. The molecule has 1 N–H and O–H groups in total. The van der Waals surface area contributed by atoms with Gasteiger partial charge in [-0.05, 0) is 12.8 Å². The summed E-state index contributed by atoms with van der Waals surface area (Å²) < 4.78 is 11.0. The average molecular weight is 245 g/mol. The predicted octanol–water partition coefficient (Wildman–Crippen LogP) is 1.27. The van der Waals surface area contributed by atoms with Crippen molar-refractivity contribution in [2.45, 2.75) is 45.3 Å². The van der Waals surface area contributed by atoms with Crippen LogP contribution in [0.1, 0.15) is 33.1 Å². The molecular formula is C13H27NO3. The van der Waals surface area contributed by atoms with E-state index in [-0.39, 0.29) is 6.10 Å². The van der Waals surface area contributed by atoms with Gasteiger partial charge in [0, 0.05) is 26.2 Å². The van der Waals surface area contributed by atoms with E-state index in [0.29, 0.717) is 19.3 Å². The zero-order valence-corrected chi connectivity index (χ0v) is 11.2. The maximum absolute atomic E-state index is 9.85. The van der Waals surface area contributed by atoms with Crippen LogP contribution in [0.25, 0.3) is 0 Å². The Hall–Kier alpha value is -0.160. The fraction of sp³-hybridized carbons (Fsp3) is 1.00. The van der Waals surface area contributed by atoms with E-state index in [2.05, 4.69) is 18.7 Å². The van der Waals surface area contributed by atoms with Crippen LogP contribution in [-0.4, -0.2) is 61.7 Å². The molecule has 0 radical (unpaired) electrons. The molecule has 0 amide bonds. The Bertz CT molecular complexity index is 190. The van der Waals surface area contributed by atoms with E-state index in [1.165, 1.54) is 0 Å². The van der Waals surface area contributed by atoms with Crippen molar-refractivity contribution in [3.05, 3.63) is 0 Å². The van der Waals surface area contributed by atoms with Crippen LogP contribution in [0.15, 0.2) is 0 Å². The highest BCUT2D eigenvalue weighted by Gasteiger charge is 2.20. The number of morpholine rings is 1. The molecule has 0 aromatic rings. The normalized spacial score (nSPS) is 23.8. The summed E-state index contributed by atoms with van der Waals surface area (Å²) in [6, 6.07) is 0. The summed E-state index contributed by atoms with van der Waals surface area (Å²) in [5.41, 5.74) is 0. The van der Waals surface area contributed by atoms with Crippen molar-refractivity contribution in [1.29, 1.82) is 0 Å². The Labute approximate surface area is 105 Å². The maximum Gasteiger partial charge on any atom is 0.0900 e. The van der Waals surface area contributed by atoms with Crippen molar-refractivity contribution in [3.63, 3.8) is 0 Å². The van der Waals surface area contributed by atoms with Gasteiger partial charge in [-0.15, -0.1) is 0 Å². The van der Waals surface area contributed by atoms with E-state index < -0.39 is 0 Å². The summed E-state index contributed by atoms with van der Waals surface area (Å²) in [4.78, 5) is 2.27. The van der Waals surface area contributed by atoms with E-state index in [4.69, 9.17) is 9.47 Å². The van der Waals surface area contributed by atoms with Crippen molar-refractivity contribution in [3.8, 4) is 0 Å². The van der Waals surface area contributed by atoms with Crippen molar-refractivity contribution < 1.29 is 14.6 Å². The highest BCUT2D eigenvalue weighted by atomic mass is 16.5. The number of rotatable bonds is 8.